The molecule has 0 aliphatic rings. The summed E-state index contributed by atoms with van der Waals surface area (Å²) in [7, 11) is -0.571. The van der Waals surface area contributed by atoms with E-state index in [1.54, 1.807) is 0 Å². The molecule has 0 spiro atoms. The molecule has 6 heteroatoms. The molecule has 1 atom stereocenters. The average molecular weight is 296 g/mol. The summed E-state index contributed by atoms with van der Waals surface area (Å²) in [6.07, 6.45) is 0. The summed E-state index contributed by atoms with van der Waals surface area (Å²) >= 11 is 0. The van der Waals surface area contributed by atoms with Crippen molar-refractivity contribution in [3.63, 3.8) is 0 Å². The number of hydrogen-bond donors (Lipinski definition) is 1. The number of ether oxygens (including phenoxy) is 2. The van der Waals surface area contributed by atoms with Crippen LogP contribution in [-0.4, -0.2) is 69.6 Å². The highest BCUT2D eigenvalue weighted by molar-refractivity contribution is 7.49. The van der Waals surface area contributed by atoms with Gasteiger partial charge in [-0.05, 0) is 34.4 Å². The minimum absolute atomic E-state index is 0.295. The van der Waals surface area contributed by atoms with Crippen LogP contribution in [0.5, 0.6) is 0 Å². The summed E-state index contributed by atoms with van der Waals surface area (Å²) in [6, 6.07) is 0.972. The Balaban J connectivity index is 3.54. The lowest BCUT2D eigenvalue weighted by Gasteiger charge is -2.35. The van der Waals surface area contributed by atoms with Crippen molar-refractivity contribution in [2.45, 2.75) is 39.8 Å². The van der Waals surface area contributed by atoms with Crippen LogP contribution in [0.2, 0.25) is 0 Å². The fraction of sp³-hybridized carbons (Fsp3) is 1.00. The first-order chi connectivity index (χ1) is 9.50. The van der Waals surface area contributed by atoms with E-state index in [1.807, 2.05) is 0 Å². The highest BCUT2D eigenvalue weighted by Gasteiger charge is 2.20. The van der Waals surface area contributed by atoms with Crippen LogP contribution < -0.4 is 0 Å². The molecule has 0 heterocycles. The minimum Gasteiger partial charge on any atom is -0.394 e. The molecule has 0 fully saturated rings. The van der Waals surface area contributed by atoms with Gasteiger partial charge in [0.2, 0.25) is 1.43 Å². The van der Waals surface area contributed by atoms with Crippen LogP contribution in [0.4, 0.5) is 0 Å². The lowest BCUT2D eigenvalue weighted by Crippen LogP contribution is -2.32. The van der Waals surface area contributed by atoms with Gasteiger partial charge >= 0.3 is 0 Å². The van der Waals surface area contributed by atoms with E-state index in [4.69, 9.17) is 15.4 Å². The van der Waals surface area contributed by atoms with Gasteiger partial charge in [0.15, 0.2) is 0 Å². The van der Waals surface area contributed by atoms with Gasteiger partial charge in [-0.25, -0.2) is 0 Å². The van der Waals surface area contributed by atoms with Gasteiger partial charge in [-0.2, -0.15) is 0 Å². The highest BCUT2D eigenvalue weighted by Crippen LogP contribution is 2.40. The Bertz CT molecular complexity index is 215. The number of aliphatic hydroxyl groups excluding tert-OH is 1. The van der Waals surface area contributed by atoms with Crippen molar-refractivity contribution in [3.8, 4) is 0 Å². The molecule has 0 radical (unpaired) electrons. The topological polar surface area (TPSA) is 51.2 Å². The van der Waals surface area contributed by atoms with Crippen molar-refractivity contribution in [1.82, 2.24) is 4.67 Å². The van der Waals surface area contributed by atoms with Crippen LogP contribution in [0, 0.1) is 0 Å². The fourth-order valence-electron chi connectivity index (χ4n) is 1.92. The van der Waals surface area contributed by atoms with Gasteiger partial charge < -0.3 is 19.1 Å². The van der Waals surface area contributed by atoms with E-state index in [-0.39, 0.29) is 0 Å². The smallest absolute Gasteiger partial charge is 0.210 e. The second kappa shape index (κ2) is 12.0. The van der Waals surface area contributed by atoms with Gasteiger partial charge in [0.25, 0.3) is 0 Å². The third-order valence-corrected chi connectivity index (χ3v) is 4.62. The van der Waals surface area contributed by atoms with E-state index in [0.29, 0.717) is 51.7 Å². The van der Waals surface area contributed by atoms with Gasteiger partial charge in [-0.3, -0.25) is 4.67 Å². The maximum Gasteiger partial charge on any atom is 0.210 e. The second-order valence-electron chi connectivity index (χ2n) is 4.79. The molecule has 0 bridgehead atoms. The lowest BCUT2D eigenvalue weighted by molar-refractivity contribution is 0.0249. The molecular formula is C13H30NO4P. The summed E-state index contributed by atoms with van der Waals surface area (Å²) in [5.74, 6) is 0. The number of hydrogen-bond acceptors (Lipinski definition) is 5. The molecule has 5 nitrogen and oxygen atoms in total. The zero-order chi connectivity index (χ0) is 15.4. The largest absolute Gasteiger partial charge is 0.394 e. The van der Waals surface area contributed by atoms with Gasteiger partial charge in [0, 0.05) is 12.1 Å². The van der Waals surface area contributed by atoms with Crippen LogP contribution in [0.25, 0.3) is 0 Å². The van der Waals surface area contributed by atoms with Gasteiger partial charge in [-0.15, -0.1) is 0 Å². The van der Waals surface area contributed by atoms with Crippen molar-refractivity contribution >= 4 is 8.30 Å². The van der Waals surface area contributed by atoms with Crippen molar-refractivity contribution in [2.24, 2.45) is 0 Å². The van der Waals surface area contributed by atoms with Crippen LogP contribution in [0.3, 0.4) is 0 Å². The molecule has 0 aliphatic heterocycles. The Morgan fingerprint density at radius 1 is 1.00 bits per heavy atom. The predicted molar refractivity (Wildman–Crippen MR) is 79.6 cm³/mol. The van der Waals surface area contributed by atoms with Crippen LogP contribution >= 0.6 is 8.30 Å². The zero-order valence-corrected chi connectivity index (χ0v) is 13.8. The first-order valence-corrected chi connectivity index (χ1v) is 8.55. The van der Waals surface area contributed by atoms with Crippen LogP contribution in [0.1, 0.15) is 27.7 Å². The normalized spacial score (nSPS) is 14.4. The third kappa shape index (κ3) is 9.72. The van der Waals surface area contributed by atoms with Crippen LogP contribution in [-0.2, 0) is 14.0 Å². The molecule has 0 aromatic rings. The highest BCUT2D eigenvalue weighted by atomic mass is 31.2. The molecule has 1 N–H and O–H groups in total. The average Bonchev–Trinajstić information content (AvgIpc) is 2.36. The summed E-state index contributed by atoms with van der Waals surface area (Å²) in [5.41, 5.74) is 0. The number of aliphatic hydroxyl groups is 1. The first-order valence-electron chi connectivity index (χ1n) is 7.30. The van der Waals surface area contributed by atoms with E-state index < -0.39 is 8.30 Å². The monoisotopic (exact) mass is 296 g/mol. The zero-order valence-electron chi connectivity index (χ0n) is 13.9. The Morgan fingerprint density at radius 3 is 2.05 bits per heavy atom. The molecule has 0 aromatic carbocycles. The van der Waals surface area contributed by atoms with Gasteiger partial charge in [-0.1, -0.05) is 0 Å². The molecule has 116 valence electrons. The van der Waals surface area contributed by atoms with E-state index >= 15 is 0 Å². The summed E-state index contributed by atoms with van der Waals surface area (Å²) in [6.45, 7) is 13.9. The first kappa shape index (κ1) is 17.3. The van der Waals surface area contributed by atoms with E-state index in [2.05, 4.69) is 44.1 Å². The summed E-state index contributed by atoms with van der Waals surface area (Å²) in [5, 5.41) is 4.14. The Kier molecular flexibility index (Phi) is 10.9. The van der Waals surface area contributed by atoms with E-state index in [9.17, 15) is 0 Å². The lowest BCUT2D eigenvalue weighted by atomic mass is 10.3. The van der Waals surface area contributed by atoms with E-state index in [1.165, 1.54) is 0 Å². The van der Waals surface area contributed by atoms with Crippen molar-refractivity contribution < 1.29 is 19.1 Å². The van der Waals surface area contributed by atoms with Crippen LogP contribution in [0.15, 0.2) is 0 Å². The third-order valence-electron chi connectivity index (χ3n) is 2.49. The second-order valence-corrected chi connectivity index (χ2v) is 6.44. The summed E-state index contributed by atoms with van der Waals surface area (Å²) < 4.78 is 25.3. The van der Waals surface area contributed by atoms with Crippen molar-refractivity contribution in [1.29, 1.82) is 1.43 Å². The maximum atomic E-state index is 6.48. The maximum absolute atomic E-state index is 6.48. The molecule has 0 saturated carbocycles. The van der Waals surface area contributed by atoms with Crippen molar-refractivity contribution in [3.05, 3.63) is 0 Å². The van der Waals surface area contributed by atoms with E-state index in [0.717, 1.165) is 0 Å². The minimum atomic E-state index is -0.571. The molecular weight excluding hydrogens is 265 g/mol. The van der Waals surface area contributed by atoms with Crippen molar-refractivity contribution in [2.75, 3.05) is 46.3 Å². The molecule has 0 aromatic heterocycles. The fourth-order valence-corrected chi connectivity index (χ4v) is 3.70. The summed E-state index contributed by atoms with van der Waals surface area (Å²) in [4.78, 5) is 0. The SMILES string of the molecule is [2H]OCCOCCOCCOP(C)N(C(C)C)C(C)C. The molecule has 1 unspecified atom stereocenters. The standard InChI is InChI=1S/C13H30NO4P/c1-12(2)14(13(3)4)19(5)18-11-10-17-9-8-16-7-6-15/h12-13,15H,6-11H2,1-5H3/i15D. The predicted octanol–water partition coefficient (Wildman–Crippen LogP) is 2.09. The Labute approximate surface area is 120 Å². The quantitative estimate of drug-likeness (QED) is 0.416. The van der Waals surface area contributed by atoms with Gasteiger partial charge in [0.05, 0.1) is 39.6 Å². The Hall–Kier alpha value is 0.230. The molecule has 19 heavy (non-hydrogen) atoms. The number of nitrogens with zero attached hydrogens (tertiary/aromatic N) is 1. The molecule has 0 saturated heterocycles. The Morgan fingerprint density at radius 2 is 1.53 bits per heavy atom. The van der Waals surface area contributed by atoms with Gasteiger partial charge in [0.1, 0.15) is 8.30 Å². The molecule has 0 rings (SSSR count). The molecule has 0 aliphatic carbocycles. The number of rotatable bonds is 13. The molecule has 0 amide bonds.